The molecule has 1 aliphatic carbocycles. The summed E-state index contributed by atoms with van der Waals surface area (Å²) in [6.07, 6.45) is 7.67. The Morgan fingerprint density at radius 2 is 1.91 bits per heavy atom. The second kappa shape index (κ2) is 2.76. The third-order valence-corrected chi connectivity index (χ3v) is 3.00. The maximum absolute atomic E-state index is 5.82. The standard InChI is InChI=1S/C9H17NO/c10-8-6-9(11-7-8)4-2-1-3-5-9/h8H,1-7,10H2/t8-/m1/s1. The van der Waals surface area contributed by atoms with Gasteiger partial charge in [0.1, 0.15) is 0 Å². The molecule has 0 amide bonds. The highest BCUT2D eigenvalue weighted by Crippen LogP contribution is 2.38. The first kappa shape index (κ1) is 7.56. The molecular formula is C9H17NO. The molecule has 0 aromatic rings. The average molecular weight is 155 g/mol. The van der Waals surface area contributed by atoms with Crippen LogP contribution in [0.5, 0.6) is 0 Å². The molecule has 64 valence electrons. The van der Waals surface area contributed by atoms with E-state index in [-0.39, 0.29) is 5.60 Å². The van der Waals surface area contributed by atoms with E-state index in [4.69, 9.17) is 10.5 Å². The maximum Gasteiger partial charge on any atom is 0.0699 e. The van der Waals surface area contributed by atoms with Gasteiger partial charge in [0, 0.05) is 6.04 Å². The Morgan fingerprint density at radius 3 is 2.45 bits per heavy atom. The maximum atomic E-state index is 5.82. The van der Waals surface area contributed by atoms with Crippen molar-refractivity contribution in [2.75, 3.05) is 6.61 Å². The van der Waals surface area contributed by atoms with Crippen LogP contribution in [0.1, 0.15) is 38.5 Å². The highest BCUT2D eigenvalue weighted by molar-refractivity contribution is 4.92. The van der Waals surface area contributed by atoms with Crippen LogP contribution in [0.3, 0.4) is 0 Å². The van der Waals surface area contributed by atoms with Crippen LogP contribution in [0.2, 0.25) is 0 Å². The SMILES string of the molecule is N[C@H]1COC2(CCCCC2)C1. The van der Waals surface area contributed by atoms with Crippen molar-refractivity contribution in [3.63, 3.8) is 0 Å². The molecule has 1 saturated carbocycles. The highest BCUT2D eigenvalue weighted by atomic mass is 16.5. The van der Waals surface area contributed by atoms with Gasteiger partial charge in [0.15, 0.2) is 0 Å². The largest absolute Gasteiger partial charge is 0.373 e. The lowest BCUT2D eigenvalue weighted by atomic mass is 9.82. The third-order valence-electron chi connectivity index (χ3n) is 3.00. The van der Waals surface area contributed by atoms with Crippen LogP contribution < -0.4 is 5.73 Å². The molecule has 0 radical (unpaired) electrons. The van der Waals surface area contributed by atoms with E-state index < -0.39 is 0 Å². The van der Waals surface area contributed by atoms with Crippen molar-refractivity contribution in [1.82, 2.24) is 0 Å². The van der Waals surface area contributed by atoms with Gasteiger partial charge in [0.05, 0.1) is 12.2 Å². The number of rotatable bonds is 0. The molecule has 0 bridgehead atoms. The molecule has 1 atom stereocenters. The summed E-state index contributed by atoms with van der Waals surface area (Å²) in [6, 6.07) is 0.313. The predicted molar refractivity (Wildman–Crippen MR) is 44.4 cm³/mol. The smallest absolute Gasteiger partial charge is 0.0699 e. The first-order valence-electron chi connectivity index (χ1n) is 4.70. The molecule has 0 unspecified atom stereocenters. The fourth-order valence-electron chi connectivity index (χ4n) is 2.42. The van der Waals surface area contributed by atoms with Crippen molar-refractivity contribution in [2.45, 2.75) is 50.2 Å². The Labute approximate surface area is 68.1 Å². The quantitative estimate of drug-likeness (QED) is 0.574. The van der Waals surface area contributed by atoms with Crippen molar-refractivity contribution >= 4 is 0 Å². The van der Waals surface area contributed by atoms with Gasteiger partial charge in [-0.2, -0.15) is 0 Å². The van der Waals surface area contributed by atoms with E-state index in [9.17, 15) is 0 Å². The zero-order chi connectivity index (χ0) is 7.73. The molecule has 1 saturated heterocycles. The highest BCUT2D eigenvalue weighted by Gasteiger charge is 2.39. The van der Waals surface area contributed by atoms with Gasteiger partial charge in [-0.3, -0.25) is 0 Å². The molecule has 2 aliphatic rings. The summed E-state index contributed by atoms with van der Waals surface area (Å²) in [7, 11) is 0. The summed E-state index contributed by atoms with van der Waals surface area (Å²) >= 11 is 0. The lowest BCUT2D eigenvalue weighted by Gasteiger charge is -2.32. The first-order valence-corrected chi connectivity index (χ1v) is 4.70. The van der Waals surface area contributed by atoms with E-state index in [1.807, 2.05) is 0 Å². The zero-order valence-corrected chi connectivity index (χ0v) is 7.01. The number of hydrogen-bond donors (Lipinski definition) is 1. The Hall–Kier alpha value is -0.0800. The van der Waals surface area contributed by atoms with Gasteiger partial charge in [-0.1, -0.05) is 19.3 Å². The third kappa shape index (κ3) is 1.42. The van der Waals surface area contributed by atoms with Crippen LogP contribution in [0.4, 0.5) is 0 Å². The number of ether oxygens (including phenoxy) is 1. The summed E-state index contributed by atoms with van der Waals surface area (Å²) in [6.45, 7) is 0.792. The molecule has 11 heavy (non-hydrogen) atoms. The molecule has 0 aromatic heterocycles. The van der Waals surface area contributed by atoms with Gasteiger partial charge in [0.25, 0.3) is 0 Å². The van der Waals surface area contributed by atoms with Gasteiger partial charge < -0.3 is 10.5 Å². The van der Waals surface area contributed by atoms with E-state index in [1.54, 1.807) is 0 Å². The van der Waals surface area contributed by atoms with Crippen LogP contribution in [0, 0.1) is 0 Å². The second-order valence-electron chi connectivity index (χ2n) is 4.02. The minimum atomic E-state index is 0.220. The average Bonchev–Trinajstić information content (AvgIpc) is 2.34. The van der Waals surface area contributed by atoms with Gasteiger partial charge in [-0.05, 0) is 19.3 Å². The van der Waals surface area contributed by atoms with Crippen LogP contribution in [-0.4, -0.2) is 18.2 Å². The molecule has 1 spiro atoms. The molecule has 2 nitrogen and oxygen atoms in total. The Balaban J connectivity index is 1.98. The molecule has 2 heteroatoms. The van der Waals surface area contributed by atoms with E-state index in [2.05, 4.69) is 0 Å². The molecule has 2 N–H and O–H groups in total. The lowest BCUT2D eigenvalue weighted by Crippen LogP contribution is -2.31. The molecule has 1 aliphatic heterocycles. The van der Waals surface area contributed by atoms with E-state index in [0.717, 1.165) is 13.0 Å². The van der Waals surface area contributed by atoms with Gasteiger partial charge >= 0.3 is 0 Å². The van der Waals surface area contributed by atoms with Crippen LogP contribution >= 0.6 is 0 Å². The van der Waals surface area contributed by atoms with Crippen LogP contribution in [0.25, 0.3) is 0 Å². The Bertz CT molecular complexity index is 135. The number of nitrogens with two attached hydrogens (primary N) is 1. The first-order chi connectivity index (χ1) is 5.31. The normalized spacial score (nSPS) is 36.3. The molecule has 1 heterocycles. The summed E-state index contributed by atoms with van der Waals surface area (Å²) < 4.78 is 5.77. The van der Waals surface area contributed by atoms with E-state index in [0.29, 0.717) is 6.04 Å². The molecule has 0 aromatic carbocycles. The van der Waals surface area contributed by atoms with E-state index in [1.165, 1.54) is 32.1 Å². The van der Waals surface area contributed by atoms with Crippen molar-refractivity contribution in [2.24, 2.45) is 5.73 Å². The van der Waals surface area contributed by atoms with Crippen molar-refractivity contribution in [3.05, 3.63) is 0 Å². The van der Waals surface area contributed by atoms with Crippen LogP contribution in [-0.2, 0) is 4.74 Å². The fourth-order valence-corrected chi connectivity index (χ4v) is 2.42. The number of hydrogen-bond acceptors (Lipinski definition) is 2. The summed E-state index contributed by atoms with van der Waals surface area (Å²) in [4.78, 5) is 0. The second-order valence-corrected chi connectivity index (χ2v) is 4.02. The van der Waals surface area contributed by atoms with Crippen molar-refractivity contribution < 1.29 is 4.74 Å². The van der Waals surface area contributed by atoms with E-state index >= 15 is 0 Å². The van der Waals surface area contributed by atoms with Crippen molar-refractivity contribution in [1.29, 1.82) is 0 Å². The summed E-state index contributed by atoms with van der Waals surface area (Å²) in [5, 5.41) is 0. The fraction of sp³-hybridized carbons (Fsp3) is 1.00. The minimum Gasteiger partial charge on any atom is -0.373 e. The molecular weight excluding hydrogens is 138 g/mol. The van der Waals surface area contributed by atoms with Crippen molar-refractivity contribution in [3.8, 4) is 0 Å². The van der Waals surface area contributed by atoms with Gasteiger partial charge in [0.2, 0.25) is 0 Å². The summed E-state index contributed by atoms with van der Waals surface area (Å²) in [5.74, 6) is 0. The van der Waals surface area contributed by atoms with Gasteiger partial charge in [-0.25, -0.2) is 0 Å². The zero-order valence-electron chi connectivity index (χ0n) is 7.01. The molecule has 2 rings (SSSR count). The Morgan fingerprint density at radius 1 is 1.18 bits per heavy atom. The summed E-state index contributed by atoms with van der Waals surface area (Å²) in [5.41, 5.74) is 6.04. The topological polar surface area (TPSA) is 35.2 Å². The monoisotopic (exact) mass is 155 g/mol. The van der Waals surface area contributed by atoms with Crippen LogP contribution in [0.15, 0.2) is 0 Å². The molecule has 2 fully saturated rings. The van der Waals surface area contributed by atoms with Gasteiger partial charge in [-0.15, -0.1) is 0 Å². The lowest BCUT2D eigenvalue weighted by molar-refractivity contribution is -0.0244. The Kier molecular flexibility index (Phi) is 1.90. The minimum absolute atomic E-state index is 0.220. The predicted octanol–water partition coefficient (Wildman–Crippen LogP) is 1.44.